The Morgan fingerprint density at radius 2 is 2.11 bits per heavy atom. The standard InChI is InChI=1S/C11H13FN4O2S/c1-16(7-8-4-2-3-5-9(8)12)19(17,18)10-6-14-15-11(10)13/h2-6H,7H2,1H3,(H3,13,14,15). The predicted octanol–water partition coefficient (Wildman–Crippen LogP) is 0.952. The number of nitrogens with two attached hydrogens (primary N) is 1. The van der Waals surface area contributed by atoms with Crippen LogP contribution in [0.1, 0.15) is 5.56 Å². The first kappa shape index (κ1) is 13.5. The molecule has 0 aliphatic carbocycles. The highest BCUT2D eigenvalue weighted by Crippen LogP contribution is 2.20. The van der Waals surface area contributed by atoms with E-state index in [9.17, 15) is 12.8 Å². The summed E-state index contributed by atoms with van der Waals surface area (Å²) in [5.41, 5.74) is 5.78. The number of anilines is 1. The Morgan fingerprint density at radius 1 is 1.42 bits per heavy atom. The van der Waals surface area contributed by atoms with Crippen LogP contribution in [0.25, 0.3) is 0 Å². The molecule has 8 heteroatoms. The summed E-state index contributed by atoms with van der Waals surface area (Å²) < 4.78 is 38.9. The summed E-state index contributed by atoms with van der Waals surface area (Å²) in [4.78, 5) is -0.119. The van der Waals surface area contributed by atoms with E-state index >= 15 is 0 Å². The van der Waals surface area contributed by atoms with Gasteiger partial charge < -0.3 is 5.73 Å². The molecule has 1 aromatic heterocycles. The minimum atomic E-state index is -3.79. The molecule has 0 spiro atoms. The monoisotopic (exact) mass is 284 g/mol. The van der Waals surface area contributed by atoms with Gasteiger partial charge in [0.05, 0.1) is 6.20 Å². The van der Waals surface area contributed by atoms with E-state index in [1.165, 1.54) is 19.2 Å². The zero-order chi connectivity index (χ0) is 14.0. The van der Waals surface area contributed by atoms with Gasteiger partial charge in [0.15, 0.2) is 0 Å². The second-order valence-corrected chi connectivity index (χ2v) is 6.01. The summed E-state index contributed by atoms with van der Waals surface area (Å²) in [6.07, 6.45) is 1.13. The summed E-state index contributed by atoms with van der Waals surface area (Å²) in [7, 11) is -2.44. The minimum absolute atomic E-state index is 0.0413. The van der Waals surface area contributed by atoms with Gasteiger partial charge in [0.1, 0.15) is 16.5 Å². The van der Waals surface area contributed by atoms with Crippen LogP contribution >= 0.6 is 0 Å². The van der Waals surface area contributed by atoms with Gasteiger partial charge >= 0.3 is 0 Å². The lowest BCUT2D eigenvalue weighted by Gasteiger charge is -2.16. The largest absolute Gasteiger partial charge is 0.383 e. The molecule has 19 heavy (non-hydrogen) atoms. The summed E-state index contributed by atoms with van der Waals surface area (Å²) >= 11 is 0. The lowest BCUT2D eigenvalue weighted by molar-refractivity contribution is 0.456. The van der Waals surface area contributed by atoms with Crippen LogP contribution in [0.4, 0.5) is 10.2 Å². The van der Waals surface area contributed by atoms with Crippen molar-refractivity contribution in [3.63, 3.8) is 0 Å². The molecule has 0 aliphatic heterocycles. The highest BCUT2D eigenvalue weighted by atomic mass is 32.2. The second-order valence-electron chi connectivity index (χ2n) is 4.00. The summed E-state index contributed by atoms with van der Waals surface area (Å²) in [6.45, 7) is -0.0837. The van der Waals surface area contributed by atoms with Gasteiger partial charge in [-0.1, -0.05) is 18.2 Å². The number of aromatic nitrogens is 2. The number of nitrogens with zero attached hydrogens (tertiary/aromatic N) is 2. The van der Waals surface area contributed by atoms with E-state index in [1.54, 1.807) is 12.1 Å². The van der Waals surface area contributed by atoms with E-state index in [0.717, 1.165) is 10.5 Å². The molecule has 0 aliphatic rings. The molecule has 0 bridgehead atoms. The Hall–Kier alpha value is -1.93. The Balaban J connectivity index is 2.28. The lowest BCUT2D eigenvalue weighted by atomic mass is 10.2. The van der Waals surface area contributed by atoms with E-state index in [-0.39, 0.29) is 22.8 Å². The van der Waals surface area contributed by atoms with Crippen molar-refractivity contribution >= 4 is 15.8 Å². The third-order valence-corrected chi connectivity index (χ3v) is 4.50. The van der Waals surface area contributed by atoms with E-state index < -0.39 is 15.8 Å². The number of rotatable bonds is 4. The average molecular weight is 284 g/mol. The van der Waals surface area contributed by atoms with Crippen LogP contribution in [0.2, 0.25) is 0 Å². The number of benzene rings is 1. The second kappa shape index (κ2) is 4.98. The maximum Gasteiger partial charge on any atom is 0.248 e. The topological polar surface area (TPSA) is 92.1 Å². The highest BCUT2D eigenvalue weighted by molar-refractivity contribution is 7.89. The van der Waals surface area contributed by atoms with Crippen molar-refractivity contribution in [2.45, 2.75) is 11.4 Å². The molecule has 1 heterocycles. The fourth-order valence-corrected chi connectivity index (χ4v) is 2.76. The van der Waals surface area contributed by atoms with Crippen molar-refractivity contribution < 1.29 is 12.8 Å². The summed E-state index contributed by atoms with van der Waals surface area (Å²) in [5.74, 6) is -0.495. The number of sulfonamides is 1. The van der Waals surface area contributed by atoms with Crippen molar-refractivity contribution in [2.24, 2.45) is 0 Å². The van der Waals surface area contributed by atoms with Gasteiger partial charge in [-0.3, -0.25) is 5.10 Å². The van der Waals surface area contributed by atoms with E-state index in [1.807, 2.05) is 0 Å². The van der Waals surface area contributed by atoms with E-state index in [0.29, 0.717) is 0 Å². The molecule has 0 saturated carbocycles. The third-order valence-electron chi connectivity index (χ3n) is 2.67. The van der Waals surface area contributed by atoms with E-state index in [2.05, 4.69) is 10.2 Å². The molecule has 2 aromatic rings. The number of H-pyrrole nitrogens is 1. The molecule has 102 valence electrons. The van der Waals surface area contributed by atoms with Crippen LogP contribution in [0.3, 0.4) is 0 Å². The van der Waals surface area contributed by atoms with Gasteiger partial charge in [-0.2, -0.15) is 9.40 Å². The van der Waals surface area contributed by atoms with Crippen LogP contribution in [0.15, 0.2) is 35.4 Å². The zero-order valence-corrected chi connectivity index (χ0v) is 11.0. The number of aromatic amines is 1. The fraction of sp³-hybridized carbons (Fsp3) is 0.182. The first-order valence-electron chi connectivity index (χ1n) is 5.41. The highest BCUT2D eigenvalue weighted by Gasteiger charge is 2.25. The van der Waals surface area contributed by atoms with Crippen molar-refractivity contribution in [1.29, 1.82) is 0 Å². The van der Waals surface area contributed by atoms with Gasteiger partial charge in [0.2, 0.25) is 10.0 Å². The van der Waals surface area contributed by atoms with Crippen LogP contribution in [-0.2, 0) is 16.6 Å². The number of hydrogen-bond acceptors (Lipinski definition) is 4. The number of nitrogens with one attached hydrogen (secondary N) is 1. The van der Waals surface area contributed by atoms with Crippen LogP contribution in [0, 0.1) is 5.82 Å². The SMILES string of the molecule is CN(Cc1ccccc1F)S(=O)(=O)c1cn[nH]c1N. The number of hydrogen-bond donors (Lipinski definition) is 2. The molecule has 6 nitrogen and oxygen atoms in total. The quantitative estimate of drug-likeness (QED) is 0.874. The molecule has 0 saturated heterocycles. The Labute approximate surface area is 110 Å². The molecular formula is C11H13FN4O2S. The molecular weight excluding hydrogens is 271 g/mol. The van der Waals surface area contributed by atoms with Crippen molar-refractivity contribution in [2.75, 3.05) is 12.8 Å². The molecule has 2 rings (SSSR count). The van der Waals surface area contributed by atoms with Crippen LogP contribution < -0.4 is 5.73 Å². The lowest BCUT2D eigenvalue weighted by Crippen LogP contribution is -2.27. The maximum absolute atomic E-state index is 13.5. The Morgan fingerprint density at radius 3 is 2.68 bits per heavy atom. The van der Waals surface area contributed by atoms with Gasteiger partial charge in [0, 0.05) is 19.2 Å². The van der Waals surface area contributed by atoms with E-state index in [4.69, 9.17) is 5.73 Å². The van der Waals surface area contributed by atoms with Crippen molar-refractivity contribution in [3.05, 3.63) is 41.8 Å². The molecule has 0 amide bonds. The number of halogens is 1. The first-order valence-corrected chi connectivity index (χ1v) is 6.85. The molecule has 3 N–H and O–H groups in total. The fourth-order valence-electron chi connectivity index (χ4n) is 1.61. The molecule has 0 atom stereocenters. The zero-order valence-electron chi connectivity index (χ0n) is 10.2. The summed E-state index contributed by atoms with van der Waals surface area (Å²) in [5, 5.41) is 5.92. The minimum Gasteiger partial charge on any atom is -0.383 e. The molecule has 0 radical (unpaired) electrons. The maximum atomic E-state index is 13.5. The van der Waals surface area contributed by atoms with Crippen molar-refractivity contribution in [1.82, 2.24) is 14.5 Å². The third kappa shape index (κ3) is 2.59. The number of nitrogen functional groups attached to an aromatic ring is 1. The molecule has 0 unspecified atom stereocenters. The molecule has 1 aromatic carbocycles. The van der Waals surface area contributed by atoms with Crippen LogP contribution in [-0.4, -0.2) is 30.0 Å². The Kier molecular flexibility index (Phi) is 3.54. The van der Waals surface area contributed by atoms with Gasteiger partial charge in [0.25, 0.3) is 0 Å². The summed E-state index contributed by atoms with van der Waals surface area (Å²) in [6, 6.07) is 5.99. The normalized spacial score (nSPS) is 11.9. The van der Waals surface area contributed by atoms with Gasteiger partial charge in [-0.05, 0) is 6.07 Å². The smallest absolute Gasteiger partial charge is 0.248 e. The molecule has 0 fully saturated rings. The van der Waals surface area contributed by atoms with Gasteiger partial charge in [-0.15, -0.1) is 0 Å². The Bertz CT molecular complexity index is 684. The van der Waals surface area contributed by atoms with Crippen molar-refractivity contribution in [3.8, 4) is 0 Å². The average Bonchev–Trinajstić information content (AvgIpc) is 2.79. The first-order chi connectivity index (χ1) is 8.93. The van der Waals surface area contributed by atoms with Gasteiger partial charge in [-0.25, -0.2) is 12.8 Å². The van der Waals surface area contributed by atoms with Crippen LogP contribution in [0.5, 0.6) is 0 Å². The predicted molar refractivity (Wildman–Crippen MR) is 68.1 cm³/mol.